The average molecular weight is 256 g/mol. The fourth-order valence-corrected chi connectivity index (χ4v) is 1.57. The van der Waals surface area contributed by atoms with E-state index in [1.807, 2.05) is 0 Å². The van der Waals surface area contributed by atoms with Crippen LogP contribution in [-0.2, 0) is 7.05 Å². The molecule has 0 unspecified atom stereocenters. The van der Waals surface area contributed by atoms with Crippen LogP contribution in [0.25, 0.3) is 11.3 Å². The second-order valence-corrected chi connectivity index (χ2v) is 3.90. The van der Waals surface area contributed by atoms with Crippen LogP contribution in [0.3, 0.4) is 0 Å². The first-order valence-corrected chi connectivity index (χ1v) is 5.19. The Kier molecular flexibility index (Phi) is 2.94. The van der Waals surface area contributed by atoms with Gasteiger partial charge in [-0.25, -0.2) is 9.97 Å². The number of hydrogen-bond acceptors (Lipinski definition) is 3. The maximum absolute atomic E-state index is 11.5. The predicted octanol–water partition coefficient (Wildman–Crippen LogP) is 2.15. The lowest BCUT2D eigenvalue weighted by Gasteiger charge is -2.04. The predicted molar refractivity (Wildman–Crippen MR) is 62.7 cm³/mol. The van der Waals surface area contributed by atoms with E-state index in [2.05, 4.69) is 9.97 Å². The lowest BCUT2D eigenvalue weighted by Crippen LogP contribution is -2.17. The topological polar surface area (TPSA) is 47.8 Å². The van der Waals surface area contributed by atoms with Gasteiger partial charge in [0.05, 0.1) is 5.69 Å². The van der Waals surface area contributed by atoms with Gasteiger partial charge in [-0.2, -0.15) is 0 Å². The second-order valence-electron chi connectivity index (χ2n) is 3.17. The number of pyridine rings is 1. The third kappa shape index (κ3) is 2.08. The summed E-state index contributed by atoms with van der Waals surface area (Å²) in [4.78, 5) is 19.4. The van der Waals surface area contributed by atoms with Crippen LogP contribution in [-0.4, -0.2) is 14.5 Å². The van der Waals surface area contributed by atoms with Crippen LogP contribution in [0.15, 0.2) is 29.2 Å². The maximum atomic E-state index is 11.5. The minimum atomic E-state index is -0.220. The van der Waals surface area contributed by atoms with Crippen LogP contribution in [0, 0.1) is 0 Å². The highest BCUT2D eigenvalue weighted by Gasteiger charge is 2.06. The number of hydrogen-bond donors (Lipinski definition) is 0. The summed E-state index contributed by atoms with van der Waals surface area (Å²) in [5.74, 6) is 0. The summed E-state index contributed by atoms with van der Waals surface area (Å²) in [6, 6.07) is 4.74. The largest absolute Gasteiger partial charge is 0.286 e. The summed E-state index contributed by atoms with van der Waals surface area (Å²) in [6.07, 6.45) is 1.55. The molecule has 4 nitrogen and oxygen atoms in total. The van der Waals surface area contributed by atoms with Gasteiger partial charge >= 0.3 is 0 Å². The highest BCUT2D eigenvalue weighted by Crippen LogP contribution is 2.19. The van der Waals surface area contributed by atoms with Crippen LogP contribution < -0.4 is 5.56 Å². The normalized spacial score (nSPS) is 10.4. The molecule has 0 atom stereocenters. The quantitative estimate of drug-likeness (QED) is 0.580. The molecule has 6 heteroatoms. The number of aromatic nitrogens is 3. The molecule has 0 saturated carbocycles. The minimum Gasteiger partial charge on any atom is -0.286 e. The van der Waals surface area contributed by atoms with Crippen molar-refractivity contribution in [1.82, 2.24) is 14.5 Å². The van der Waals surface area contributed by atoms with Gasteiger partial charge in [0, 0.05) is 24.9 Å². The molecule has 2 aromatic heterocycles. The van der Waals surface area contributed by atoms with Crippen molar-refractivity contribution in [2.24, 2.45) is 7.05 Å². The van der Waals surface area contributed by atoms with Gasteiger partial charge in [-0.15, -0.1) is 0 Å². The molecular weight excluding hydrogens is 249 g/mol. The van der Waals surface area contributed by atoms with Crippen LogP contribution in [0.2, 0.25) is 10.4 Å². The second kappa shape index (κ2) is 4.23. The van der Waals surface area contributed by atoms with Crippen molar-refractivity contribution in [2.75, 3.05) is 0 Å². The highest BCUT2D eigenvalue weighted by atomic mass is 35.5. The van der Waals surface area contributed by atoms with Crippen LogP contribution in [0.1, 0.15) is 0 Å². The number of halogens is 2. The monoisotopic (exact) mass is 255 g/mol. The summed E-state index contributed by atoms with van der Waals surface area (Å²) < 4.78 is 1.26. The molecule has 0 saturated heterocycles. The van der Waals surface area contributed by atoms with E-state index < -0.39 is 0 Å². The van der Waals surface area contributed by atoms with Gasteiger partial charge in [0.2, 0.25) is 5.28 Å². The maximum Gasteiger partial charge on any atom is 0.254 e. The van der Waals surface area contributed by atoms with Gasteiger partial charge in [0.15, 0.2) is 0 Å². The molecular formula is C10H7Cl2N3O. The van der Waals surface area contributed by atoms with Crippen molar-refractivity contribution < 1.29 is 0 Å². The van der Waals surface area contributed by atoms with E-state index in [4.69, 9.17) is 23.2 Å². The Bertz CT molecular complexity index is 595. The molecule has 0 spiro atoms. The first-order valence-electron chi connectivity index (χ1n) is 4.43. The molecule has 2 aromatic rings. The standard InChI is InChI=1S/C10H7Cl2N3O/c1-15-9(16)5-7(14-10(15)12)6-2-3-13-8(11)4-6/h2-5H,1H3. The van der Waals surface area contributed by atoms with E-state index in [0.29, 0.717) is 16.4 Å². The smallest absolute Gasteiger partial charge is 0.254 e. The lowest BCUT2D eigenvalue weighted by atomic mass is 10.2. The van der Waals surface area contributed by atoms with Gasteiger partial charge in [-0.1, -0.05) is 11.6 Å². The molecule has 0 aliphatic carbocycles. The first kappa shape index (κ1) is 11.1. The fraction of sp³-hybridized carbons (Fsp3) is 0.100. The first-order chi connectivity index (χ1) is 7.58. The van der Waals surface area contributed by atoms with Crippen molar-refractivity contribution in [3.05, 3.63) is 45.2 Å². The Morgan fingerprint density at radius 2 is 2.06 bits per heavy atom. The molecule has 0 fully saturated rings. The fourth-order valence-electron chi connectivity index (χ4n) is 1.22. The van der Waals surface area contributed by atoms with Crippen molar-refractivity contribution in [3.63, 3.8) is 0 Å². The van der Waals surface area contributed by atoms with Crippen LogP contribution in [0.4, 0.5) is 0 Å². The van der Waals surface area contributed by atoms with E-state index in [-0.39, 0.29) is 10.8 Å². The Labute approximate surface area is 101 Å². The van der Waals surface area contributed by atoms with Crippen molar-refractivity contribution in [2.45, 2.75) is 0 Å². The summed E-state index contributed by atoms with van der Waals surface area (Å²) >= 11 is 11.6. The molecule has 0 aromatic carbocycles. The summed E-state index contributed by atoms with van der Waals surface area (Å²) in [5.41, 5.74) is 0.972. The average Bonchev–Trinajstić information content (AvgIpc) is 2.25. The van der Waals surface area contributed by atoms with E-state index in [1.54, 1.807) is 25.4 Å². The molecule has 0 amide bonds. The van der Waals surface area contributed by atoms with Crippen LogP contribution in [0.5, 0.6) is 0 Å². The molecule has 82 valence electrons. The van der Waals surface area contributed by atoms with E-state index in [9.17, 15) is 4.79 Å². The van der Waals surface area contributed by atoms with Crippen molar-refractivity contribution in [3.8, 4) is 11.3 Å². The molecule has 0 bridgehead atoms. The number of rotatable bonds is 1. The zero-order chi connectivity index (χ0) is 11.7. The van der Waals surface area contributed by atoms with Gasteiger partial charge in [-0.05, 0) is 23.7 Å². The Hall–Kier alpha value is -1.39. The van der Waals surface area contributed by atoms with E-state index in [1.165, 1.54) is 10.6 Å². The third-order valence-corrected chi connectivity index (χ3v) is 2.65. The van der Waals surface area contributed by atoms with E-state index >= 15 is 0 Å². The van der Waals surface area contributed by atoms with Crippen LogP contribution >= 0.6 is 23.2 Å². The third-order valence-electron chi connectivity index (χ3n) is 2.10. The molecule has 0 aliphatic heterocycles. The minimum absolute atomic E-state index is 0.135. The van der Waals surface area contributed by atoms with E-state index in [0.717, 1.165) is 0 Å². The molecule has 0 radical (unpaired) electrons. The molecule has 16 heavy (non-hydrogen) atoms. The van der Waals surface area contributed by atoms with Gasteiger partial charge in [0.25, 0.3) is 5.56 Å². The lowest BCUT2D eigenvalue weighted by molar-refractivity contribution is 0.828. The Morgan fingerprint density at radius 3 is 2.69 bits per heavy atom. The van der Waals surface area contributed by atoms with Crippen molar-refractivity contribution in [1.29, 1.82) is 0 Å². The molecule has 0 N–H and O–H groups in total. The molecule has 2 rings (SSSR count). The summed E-state index contributed by atoms with van der Waals surface area (Å²) in [6.45, 7) is 0. The van der Waals surface area contributed by atoms with Gasteiger partial charge < -0.3 is 0 Å². The Balaban J connectivity index is 2.61. The highest BCUT2D eigenvalue weighted by molar-refractivity contribution is 6.29. The zero-order valence-electron chi connectivity index (χ0n) is 8.32. The Morgan fingerprint density at radius 1 is 1.31 bits per heavy atom. The summed E-state index contributed by atoms with van der Waals surface area (Å²) in [5, 5.41) is 0.478. The molecule has 0 aliphatic rings. The number of nitrogens with zero attached hydrogens (tertiary/aromatic N) is 3. The van der Waals surface area contributed by atoms with Gasteiger partial charge in [-0.3, -0.25) is 9.36 Å². The zero-order valence-corrected chi connectivity index (χ0v) is 9.83. The van der Waals surface area contributed by atoms with Gasteiger partial charge in [0.1, 0.15) is 5.15 Å². The molecule has 2 heterocycles. The summed E-state index contributed by atoms with van der Waals surface area (Å²) in [7, 11) is 1.56. The van der Waals surface area contributed by atoms with Crippen molar-refractivity contribution >= 4 is 23.2 Å². The SMILES string of the molecule is Cn1c(Cl)nc(-c2ccnc(Cl)c2)cc1=O.